The average molecular weight is 236 g/mol. The number of hydrogen-bond donors (Lipinski definition) is 2. The maximum absolute atomic E-state index is 9.37. The maximum atomic E-state index is 9.37. The number of H-pyrrole nitrogens is 1. The predicted octanol–water partition coefficient (Wildman–Crippen LogP) is 3.12. The molecule has 1 aliphatic rings. The molecule has 0 amide bonds. The third-order valence-corrected chi connectivity index (χ3v) is 2.83. The fourth-order valence-corrected chi connectivity index (χ4v) is 2.00. The largest absolute Gasteiger partial charge is 0.508 e. The molecule has 0 aliphatic carbocycles. The van der Waals surface area contributed by atoms with Crippen molar-refractivity contribution in [2.75, 3.05) is 0 Å². The number of benzene rings is 1. The van der Waals surface area contributed by atoms with Gasteiger partial charge in [-0.05, 0) is 42.0 Å². The Morgan fingerprint density at radius 2 is 1.94 bits per heavy atom. The van der Waals surface area contributed by atoms with E-state index < -0.39 is 0 Å². The first-order valence-corrected chi connectivity index (χ1v) is 5.73. The molecule has 0 saturated carbocycles. The highest BCUT2D eigenvalue weighted by atomic mass is 16.3. The Bertz CT molecular complexity index is 618. The van der Waals surface area contributed by atoms with E-state index in [1.807, 2.05) is 42.6 Å². The first kappa shape index (κ1) is 10.6. The molecule has 0 fully saturated rings. The Morgan fingerprint density at radius 3 is 2.56 bits per heavy atom. The summed E-state index contributed by atoms with van der Waals surface area (Å²) in [5.41, 5.74) is 3.99. The number of allylic oxidation sites excluding steroid dienone is 2. The van der Waals surface area contributed by atoms with Crippen molar-refractivity contribution >= 4 is 11.8 Å². The van der Waals surface area contributed by atoms with Crippen molar-refractivity contribution in [1.29, 1.82) is 0 Å². The maximum Gasteiger partial charge on any atom is 0.115 e. The van der Waals surface area contributed by atoms with Crippen molar-refractivity contribution in [3.05, 3.63) is 71.7 Å². The van der Waals surface area contributed by atoms with Gasteiger partial charge in [-0.2, -0.15) is 0 Å². The minimum atomic E-state index is 0.264. The van der Waals surface area contributed by atoms with Crippen molar-refractivity contribution in [3.63, 3.8) is 0 Å². The van der Waals surface area contributed by atoms with E-state index in [0.29, 0.717) is 0 Å². The van der Waals surface area contributed by atoms with Crippen LogP contribution >= 0.6 is 0 Å². The molecule has 0 unspecified atom stereocenters. The second-order valence-electron chi connectivity index (χ2n) is 4.03. The van der Waals surface area contributed by atoms with Crippen molar-refractivity contribution in [3.8, 4) is 5.75 Å². The van der Waals surface area contributed by atoms with E-state index in [9.17, 15) is 5.11 Å². The predicted molar refractivity (Wildman–Crippen MR) is 72.6 cm³/mol. The summed E-state index contributed by atoms with van der Waals surface area (Å²) in [6, 6.07) is 11.1. The number of aromatic nitrogens is 1. The fourth-order valence-electron chi connectivity index (χ4n) is 2.00. The zero-order valence-corrected chi connectivity index (χ0v) is 9.67. The lowest BCUT2D eigenvalue weighted by Crippen LogP contribution is -1.91. The van der Waals surface area contributed by atoms with Crippen LogP contribution in [0.5, 0.6) is 5.75 Å². The van der Waals surface area contributed by atoms with E-state index in [0.717, 1.165) is 22.5 Å². The molecule has 18 heavy (non-hydrogen) atoms. The van der Waals surface area contributed by atoms with Crippen LogP contribution < -0.4 is 0 Å². The molecule has 0 radical (unpaired) electrons. The van der Waals surface area contributed by atoms with Crippen LogP contribution in [-0.4, -0.2) is 16.3 Å². The number of aromatic amines is 1. The van der Waals surface area contributed by atoms with Crippen LogP contribution in [0.1, 0.15) is 11.3 Å². The fraction of sp³-hybridized carbons (Fsp3) is 0. The lowest BCUT2D eigenvalue weighted by Gasteiger charge is -2.08. The number of phenolic OH excluding ortho intramolecular Hbond substituents is 1. The monoisotopic (exact) mass is 236 g/mol. The molecule has 0 spiro atoms. The molecular formula is C15H12N2O. The van der Waals surface area contributed by atoms with Crippen molar-refractivity contribution < 1.29 is 5.11 Å². The highest BCUT2D eigenvalue weighted by Crippen LogP contribution is 2.29. The molecule has 2 N–H and O–H groups in total. The zero-order valence-electron chi connectivity index (χ0n) is 9.67. The summed E-state index contributed by atoms with van der Waals surface area (Å²) in [5, 5.41) is 9.37. The molecule has 88 valence electrons. The summed E-state index contributed by atoms with van der Waals surface area (Å²) in [7, 11) is 0. The minimum Gasteiger partial charge on any atom is -0.508 e. The van der Waals surface area contributed by atoms with Crippen LogP contribution in [0.4, 0.5) is 0 Å². The Kier molecular flexibility index (Phi) is 2.57. The van der Waals surface area contributed by atoms with E-state index >= 15 is 0 Å². The Balaban J connectivity index is 2.18. The quantitative estimate of drug-likeness (QED) is 0.826. The number of aliphatic imine (C=N–C) groups is 1. The molecule has 1 aliphatic heterocycles. The molecule has 3 heteroatoms. The molecule has 2 aromatic rings. The molecule has 3 nitrogen and oxygen atoms in total. The van der Waals surface area contributed by atoms with Gasteiger partial charge in [-0.25, -0.2) is 0 Å². The molecule has 1 aromatic heterocycles. The Hall–Kier alpha value is -2.55. The van der Waals surface area contributed by atoms with E-state index in [1.54, 1.807) is 18.3 Å². The van der Waals surface area contributed by atoms with Crippen molar-refractivity contribution in [2.24, 2.45) is 4.99 Å². The van der Waals surface area contributed by atoms with Gasteiger partial charge >= 0.3 is 0 Å². The van der Waals surface area contributed by atoms with Crippen LogP contribution in [0.3, 0.4) is 0 Å². The normalized spacial score (nSPS) is 16.2. The number of phenols is 1. The smallest absolute Gasteiger partial charge is 0.115 e. The van der Waals surface area contributed by atoms with Gasteiger partial charge in [0.15, 0.2) is 0 Å². The van der Waals surface area contributed by atoms with E-state index in [2.05, 4.69) is 9.98 Å². The molecule has 0 bridgehead atoms. The summed E-state index contributed by atoms with van der Waals surface area (Å²) < 4.78 is 0. The lowest BCUT2D eigenvalue weighted by atomic mass is 10.0. The van der Waals surface area contributed by atoms with Crippen molar-refractivity contribution in [2.45, 2.75) is 0 Å². The first-order valence-electron chi connectivity index (χ1n) is 5.73. The third-order valence-electron chi connectivity index (χ3n) is 2.83. The van der Waals surface area contributed by atoms with Gasteiger partial charge in [0.25, 0.3) is 0 Å². The van der Waals surface area contributed by atoms with Gasteiger partial charge in [0.2, 0.25) is 0 Å². The van der Waals surface area contributed by atoms with E-state index in [4.69, 9.17) is 0 Å². The molecule has 1 aromatic carbocycles. The van der Waals surface area contributed by atoms with Crippen LogP contribution in [-0.2, 0) is 0 Å². The summed E-state index contributed by atoms with van der Waals surface area (Å²) in [5.74, 6) is 0.264. The van der Waals surface area contributed by atoms with Gasteiger partial charge in [-0.3, -0.25) is 4.99 Å². The van der Waals surface area contributed by atoms with Crippen LogP contribution in [0.15, 0.2) is 65.4 Å². The zero-order chi connectivity index (χ0) is 12.4. The van der Waals surface area contributed by atoms with E-state index in [1.165, 1.54) is 0 Å². The first-order chi connectivity index (χ1) is 8.84. The third kappa shape index (κ3) is 1.86. The number of nitrogens with one attached hydrogen (secondary N) is 1. The summed E-state index contributed by atoms with van der Waals surface area (Å²) >= 11 is 0. The highest BCUT2D eigenvalue weighted by Gasteiger charge is 2.12. The van der Waals surface area contributed by atoms with Gasteiger partial charge in [0, 0.05) is 23.7 Å². The van der Waals surface area contributed by atoms with Gasteiger partial charge in [-0.15, -0.1) is 0 Å². The van der Waals surface area contributed by atoms with Gasteiger partial charge in [0.05, 0.1) is 5.70 Å². The average Bonchev–Trinajstić information content (AvgIpc) is 3.06. The van der Waals surface area contributed by atoms with Crippen molar-refractivity contribution in [1.82, 2.24) is 4.98 Å². The minimum absolute atomic E-state index is 0.264. The van der Waals surface area contributed by atoms with Crippen LogP contribution in [0.25, 0.3) is 5.57 Å². The SMILES string of the molecule is Oc1ccc(/C(=C2\C=CC=N2)c2ccc[nH]2)cc1. The number of aromatic hydroxyl groups is 1. The second-order valence-corrected chi connectivity index (χ2v) is 4.03. The van der Waals surface area contributed by atoms with E-state index in [-0.39, 0.29) is 5.75 Å². The molecule has 0 saturated heterocycles. The lowest BCUT2D eigenvalue weighted by molar-refractivity contribution is 0.475. The number of nitrogens with zero attached hydrogens (tertiary/aromatic N) is 1. The second kappa shape index (κ2) is 4.37. The van der Waals surface area contributed by atoms with Gasteiger partial charge in [0.1, 0.15) is 5.75 Å². The Morgan fingerprint density at radius 1 is 1.11 bits per heavy atom. The number of rotatable bonds is 2. The van der Waals surface area contributed by atoms with Gasteiger partial charge in [-0.1, -0.05) is 12.1 Å². The standard InChI is InChI=1S/C15H12N2O/c18-12-7-5-11(6-8-12)15(13-3-1-9-16-13)14-4-2-10-17-14/h1-10,16,18H/b15-14-. The Labute approximate surface area is 105 Å². The molecular weight excluding hydrogens is 224 g/mol. The molecule has 0 atom stereocenters. The summed E-state index contributed by atoms with van der Waals surface area (Å²) in [6.07, 6.45) is 7.55. The van der Waals surface area contributed by atoms with Crippen LogP contribution in [0.2, 0.25) is 0 Å². The topological polar surface area (TPSA) is 48.4 Å². The molecule has 2 heterocycles. The highest BCUT2D eigenvalue weighted by molar-refractivity contribution is 5.88. The van der Waals surface area contributed by atoms with Crippen LogP contribution in [0, 0.1) is 0 Å². The van der Waals surface area contributed by atoms with Gasteiger partial charge < -0.3 is 10.1 Å². The summed E-state index contributed by atoms with van der Waals surface area (Å²) in [4.78, 5) is 7.55. The number of hydrogen-bond acceptors (Lipinski definition) is 2. The molecule has 3 rings (SSSR count). The summed E-state index contributed by atoms with van der Waals surface area (Å²) in [6.45, 7) is 0.